The maximum absolute atomic E-state index is 13.1. The molecule has 0 bridgehead atoms. The molecular formula is C12H9BrFN3O2. The number of nitrogens with zero attached hydrogens (tertiary/aromatic N) is 2. The first-order valence-electron chi connectivity index (χ1n) is 5.73. The number of benzene rings is 1. The van der Waals surface area contributed by atoms with Gasteiger partial charge in [0.25, 0.3) is 5.91 Å². The number of carbonyl (C=O) groups is 1. The summed E-state index contributed by atoms with van der Waals surface area (Å²) in [6.07, 6.45) is 2.08. The zero-order valence-corrected chi connectivity index (χ0v) is 11.3. The Morgan fingerprint density at radius 3 is 2.89 bits per heavy atom. The molecule has 0 spiro atoms. The van der Waals surface area contributed by atoms with Crippen LogP contribution in [0.15, 0.2) is 27.1 Å². The van der Waals surface area contributed by atoms with Gasteiger partial charge in [0, 0.05) is 11.5 Å². The number of rotatable bonds is 3. The smallest absolute Gasteiger partial charge is 0.322 e. The molecule has 1 amide bonds. The van der Waals surface area contributed by atoms with Crippen LogP contribution in [0.1, 0.15) is 35.0 Å². The first-order chi connectivity index (χ1) is 9.13. The van der Waals surface area contributed by atoms with Crippen LogP contribution in [0.5, 0.6) is 0 Å². The van der Waals surface area contributed by atoms with Gasteiger partial charge in [-0.2, -0.15) is 0 Å². The largest absolute Gasteiger partial charge is 0.408 e. The third-order valence-corrected chi connectivity index (χ3v) is 3.38. The minimum absolute atomic E-state index is 0.0624. The molecule has 0 atom stereocenters. The highest BCUT2D eigenvalue weighted by Crippen LogP contribution is 2.39. The highest BCUT2D eigenvalue weighted by molar-refractivity contribution is 9.10. The van der Waals surface area contributed by atoms with E-state index in [0.717, 1.165) is 12.8 Å². The van der Waals surface area contributed by atoms with Crippen LogP contribution < -0.4 is 5.32 Å². The molecule has 2 aromatic rings. The van der Waals surface area contributed by atoms with Crippen molar-refractivity contribution in [1.82, 2.24) is 10.2 Å². The van der Waals surface area contributed by atoms with Crippen LogP contribution in [-0.2, 0) is 0 Å². The molecule has 0 aliphatic heterocycles. The van der Waals surface area contributed by atoms with Gasteiger partial charge in [0.1, 0.15) is 5.82 Å². The number of anilines is 1. The fourth-order valence-electron chi connectivity index (χ4n) is 1.59. The SMILES string of the molecule is O=C(Nc1nnc(C2CC2)o1)c1ccc(F)c(Br)c1. The average Bonchev–Trinajstić information content (AvgIpc) is 3.14. The van der Waals surface area contributed by atoms with E-state index < -0.39 is 11.7 Å². The molecule has 0 saturated heterocycles. The molecule has 0 radical (unpaired) electrons. The summed E-state index contributed by atoms with van der Waals surface area (Å²) in [7, 11) is 0. The summed E-state index contributed by atoms with van der Waals surface area (Å²) in [4.78, 5) is 11.9. The molecule has 3 rings (SSSR count). The lowest BCUT2D eigenvalue weighted by molar-refractivity contribution is 0.102. The van der Waals surface area contributed by atoms with Crippen LogP contribution in [-0.4, -0.2) is 16.1 Å². The number of nitrogens with one attached hydrogen (secondary N) is 1. The Kier molecular flexibility index (Phi) is 3.06. The van der Waals surface area contributed by atoms with E-state index in [1.54, 1.807) is 0 Å². The first-order valence-corrected chi connectivity index (χ1v) is 6.52. The molecule has 1 aliphatic carbocycles. The summed E-state index contributed by atoms with van der Waals surface area (Å²) in [5, 5.41) is 10.1. The third kappa shape index (κ3) is 2.65. The lowest BCUT2D eigenvalue weighted by atomic mass is 10.2. The number of halogens is 2. The van der Waals surface area contributed by atoms with Gasteiger partial charge in [-0.05, 0) is 47.0 Å². The topological polar surface area (TPSA) is 68.0 Å². The lowest BCUT2D eigenvalue weighted by Gasteiger charge is -2.01. The van der Waals surface area contributed by atoms with Gasteiger partial charge >= 0.3 is 6.01 Å². The normalized spacial score (nSPS) is 14.4. The van der Waals surface area contributed by atoms with Crippen molar-refractivity contribution >= 4 is 27.9 Å². The molecular weight excluding hydrogens is 317 g/mol. The molecule has 1 heterocycles. The highest BCUT2D eigenvalue weighted by Gasteiger charge is 2.29. The van der Waals surface area contributed by atoms with Crippen molar-refractivity contribution in [1.29, 1.82) is 0 Å². The maximum atomic E-state index is 13.1. The van der Waals surface area contributed by atoms with Gasteiger partial charge in [-0.25, -0.2) is 4.39 Å². The van der Waals surface area contributed by atoms with Crippen molar-refractivity contribution in [3.63, 3.8) is 0 Å². The Morgan fingerprint density at radius 1 is 1.42 bits per heavy atom. The van der Waals surface area contributed by atoms with Crippen molar-refractivity contribution in [3.05, 3.63) is 39.9 Å². The number of carbonyl (C=O) groups excluding carboxylic acids is 1. The Labute approximate surface area is 116 Å². The van der Waals surface area contributed by atoms with Crippen LogP contribution >= 0.6 is 15.9 Å². The molecule has 1 aromatic carbocycles. The van der Waals surface area contributed by atoms with E-state index in [0.29, 0.717) is 17.4 Å². The summed E-state index contributed by atoms with van der Waals surface area (Å²) < 4.78 is 18.6. The van der Waals surface area contributed by atoms with Crippen molar-refractivity contribution in [2.75, 3.05) is 5.32 Å². The number of hydrogen-bond donors (Lipinski definition) is 1. The van der Waals surface area contributed by atoms with Crippen LogP contribution in [0.3, 0.4) is 0 Å². The van der Waals surface area contributed by atoms with E-state index in [2.05, 4.69) is 31.4 Å². The molecule has 5 nitrogen and oxygen atoms in total. The third-order valence-electron chi connectivity index (χ3n) is 2.77. The van der Waals surface area contributed by atoms with Crippen molar-refractivity contribution in [2.24, 2.45) is 0 Å². The monoisotopic (exact) mass is 325 g/mol. The summed E-state index contributed by atoms with van der Waals surface area (Å²) in [5.74, 6) is 0.0331. The highest BCUT2D eigenvalue weighted by atomic mass is 79.9. The minimum Gasteiger partial charge on any atom is -0.408 e. The van der Waals surface area contributed by atoms with Gasteiger partial charge in [-0.1, -0.05) is 5.10 Å². The van der Waals surface area contributed by atoms with Gasteiger partial charge in [0.05, 0.1) is 4.47 Å². The Morgan fingerprint density at radius 2 is 2.21 bits per heavy atom. The van der Waals surface area contributed by atoms with E-state index in [-0.39, 0.29) is 10.5 Å². The van der Waals surface area contributed by atoms with Crippen LogP contribution in [0.4, 0.5) is 10.4 Å². The molecule has 1 saturated carbocycles. The van der Waals surface area contributed by atoms with Gasteiger partial charge < -0.3 is 4.42 Å². The lowest BCUT2D eigenvalue weighted by Crippen LogP contribution is -2.12. The molecule has 19 heavy (non-hydrogen) atoms. The zero-order chi connectivity index (χ0) is 13.4. The maximum Gasteiger partial charge on any atom is 0.322 e. The number of amides is 1. The first kappa shape index (κ1) is 12.3. The van der Waals surface area contributed by atoms with E-state index in [4.69, 9.17) is 4.42 Å². The fraction of sp³-hybridized carbons (Fsp3) is 0.250. The second kappa shape index (κ2) is 4.73. The minimum atomic E-state index is -0.426. The average molecular weight is 326 g/mol. The van der Waals surface area contributed by atoms with E-state index in [9.17, 15) is 9.18 Å². The Bertz CT molecular complexity index is 640. The van der Waals surface area contributed by atoms with Crippen LogP contribution in [0.25, 0.3) is 0 Å². The van der Waals surface area contributed by atoms with Gasteiger partial charge in [0.2, 0.25) is 5.89 Å². The van der Waals surface area contributed by atoms with Gasteiger partial charge in [-0.15, -0.1) is 5.10 Å². The van der Waals surface area contributed by atoms with E-state index in [1.165, 1.54) is 18.2 Å². The predicted molar refractivity (Wildman–Crippen MR) is 68.3 cm³/mol. The van der Waals surface area contributed by atoms with Gasteiger partial charge in [-0.3, -0.25) is 10.1 Å². The second-order valence-corrected chi connectivity index (χ2v) is 5.16. The summed E-state index contributed by atoms with van der Waals surface area (Å²) in [6.45, 7) is 0. The Balaban J connectivity index is 1.74. The molecule has 1 fully saturated rings. The summed E-state index contributed by atoms with van der Waals surface area (Å²) in [5.41, 5.74) is 0.305. The number of aromatic nitrogens is 2. The van der Waals surface area contributed by atoms with Crippen LogP contribution in [0, 0.1) is 5.82 Å². The summed E-state index contributed by atoms with van der Waals surface area (Å²) in [6, 6.07) is 4.05. The van der Waals surface area contributed by atoms with Crippen LogP contribution in [0.2, 0.25) is 0 Å². The zero-order valence-electron chi connectivity index (χ0n) is 9.69. The summed E-state index contributed by atoms with van der Waals surface area (Å²) >= 11 is 3.02. The van der Waals surface area contributed by atoms with E-state index >= 15 is 0 Å². The molecule has 1 N–H and O–H groups in total. The second-order valence-electron chi connectivity index (χ2n) is 4.30. The quantitative estimate of drug-likeness (QED) is 0.941. The molecule has 98 valence electrons. The van der Waals surface area contributed by atoms with Crippen molar-refractivity contribution < 1.29 is 13.6 Å². The van der Waals surface area contributed by atoms with Crippen molar-refractivity contribution in [2.45, 2.75) is 18.8 Å². The fourth-order valence-corrected chi connectivity index (χ4v) is 1.97. The molecule has 7 heteroatoms. The Hall–Kier alpha value is -1.76. The number of hydrogen-bond acceptors (Lipinski definition) is 4. The standard InChI is InChI=1S/C12H9BrFN3O2/c13-8-5-7(3-4-9(8)14)10(18)15-12-17-16-11(19-12)6-1-2-6/h3-6H,1-2H2,(H,15,17,18). The molecule has 1 aliphatic rings. The van der Waals surface area contributed by atoms with E-state index in [1.807, 2.05) is 0 Å². The van der Waals surface area contributed by atoms with Gasteiger partial charge in [0.15, 0.2) is 0 Å². The molecule has 0 unspecified atom stereocenters. The van der Waals surface area contributed by atoms with Crippen molar-refractivity contribution in [3.8, 4) is 0 Å². The molecule has 1 aromatic heterocycles. The predicted octanol–water partition coefficient (Wildman–Crippen LogP) is 3.10.